The first-order valence-electron chi connectivity index (χ1n) is 5.46. The Hall–Kier alpha value is -2.16. The molecular weight excluding hydrogens is 212 g/mol. The molecule has 3 heteroatoms. The molecule has 3 nitrogen and oxygen atoms in total. The number of nitrogen functional groups attached to an aromatic ring is 1. The molecule has 0 atom stereocenters. The summed E-state index contributed by atoms with van der Waals surface area (Å²) in [5.74, 6) is 0.0495. The van der Waals surface area contributed by atoms with Crippen molar-refractivity contribution in [2.24, 2.45) is 0 Å². The Kier molecular flexibility index (Phi) is 3.19. The largest absolute Gasteiger partial charge is 0.398 e. The highest BCUT2D eigenvalue weighted by Gasteiger charge is 2.11. The molecule has 0 aliphatic rings. The van der Waals surface area contributed by atoms with Gasteiger partial charge in [-0.3, -0.25) is 9.78 Å². The van der Waals surface area contributed by atoms with Gasteiger partial charge in [0.2, 0.25) is 0 Å². The minimum absolute atomic E-state index is 0.0495. The molecular formula is C14H14N2O. The van der Waals surface area contributed by atoms with Gasteiger partial charge in [0.1, 0.15) is 0 Å². The highest BCUT2D eigenvalue weighted by atomic mass is 16.1. The number of nitrogens with two attached hydrogens (primary N) is 1. The Bertz CT molecular complexity index is 535. The summed E-state index contributed by atoms with van der Waals surface area (Å²) in [6.07, 6.45) is 2.00. The zero-order valence-corrected chi connectivity index (χ0v) is 9.68. The van der Waals surface area contributed by atoms with E-state index in [9.17, 15) is 4.79 Å². The monoisotopic (exact) mass is 226 g/mol. The number of benzene rings is 1. The molecule has 0 saturated carbocycles. The number of ketones is 1. The van der Waals surface area contributed by atoms with Crippen LogP contribution in [0.5, 0.6) is 0 Å². The van der Waals surface area contributed by atoms with Gasteiger partial charge >= 0.3 is 0 Å². The van der Waals surface area contributed by atoms with Crippen molar-refractivity contribution in [3.05, 3.63) is 59.4 Å². The van der Waals surface area contributed by atoms with Gasteiger partial charge in [-0.15, -0.1) is 0 Å². The molecule has 1 heterocycles. The maximum absolute atomic E-state index is 12.1. The lowest BCUT2D eigenvalue weighted by Gasteiger charge is -2.06. The molecule has 0 radical (unpaired) electrons. The second-order valence-electron chi connectivity index (χ2n) is 3.94. The number of carbonyl (C=O) groups excluding carboxylic acids is 1. The fraction of sp³-hybridized carbons (Fsp3) is 0.143. The van der Waals surface area contributed by atoms with Gasteiger partial charge in [-0.1, -0.05) is 18.2 Å². The van der Waals surface area contributed by atoms with Crippen LogP contribution in [0, 0.1) is 6.92 Å². The van der Waals surface area contributed by atoms with Crippen LogP contribution in [0.25, 0.3) is 0 Å². The van der Waals surface area contributed by atoms with Crippen LogP contribution in [0.2, 0.25) is 0 Å². The topological polar surface area (TPSA) is 56.0 Å². The molecule has 86 valence electrons. The summed E-state index contributed by atoms with van der Waals surface area (Å²) in [5.41, 5.74) is 8.73. The smallest absolute Gasteiger partial charge is 0.169 e. The third-order valence-corrected chi connectivity index (χ3v) is 2.74. The van der Waals surface area contributed by atoms with Crippen LogP contribution in [-0.2, 0) is 6.42 Å². The molecule has 0 spiro atoms. The van der Waals surface area contributed by atoms with Crippen molar-refractivity contribution in [1.29, 1.82) is 0 Å². The average molecular weight is 226 g/mol. The highest BCUT2D eigenvalue weighted by Crippen LogP contribution is 2.17. The van der Waals surface area contributed by atoms with E-state index in [4.69, 9.17) is 5.73 Å². The molecule has 17 heavy (non-hydrogen) atoms. The predicted molar refractivity (Wildman–Crippen MR) is 67.9 cm³/mol. The van der Waals surface area contributed by atoms with E-state index in [1.165, 1.54) is 0 Å². The minimum Gasteiger partial charge on any atom is -0.398 e. The molecule has 0 aliphatic carbocycles. The third-order valence-electron chi connectivity index (χ3n) is 2.74. The van der Waals surface area contributed by atoms with Crippen LogP contribution in [-0.4, -0.2) is 10.8 Å². The summed E-state index contributed by atoms with van der Waals surface area (Å²) in [4.78, 5) is 16.2. The average Bonchev–Trinajstić information content (AvgIpc) is 2.34. The molecule has 2 N–H and O–H groups in total. The number of nitrogens with zero attached hydrogens (tertiary/aromatic N) is 1. The minimum atomic E-state index is 0.0495. The lowest BCUT2D eigenvalue weighted by molar-refractivity contribution is 0.0991. The van der Waals surface area contributed by atoms with E-state index < -0.39 is 0 Å². The first kappa shape index (κ1) is 11.3. The quantitative estimate of drug-likeness (QED) is 0.645. The lowest BCUT2D eigenvalue weighted by atomic mass is 10.00. The Morgan fingerprint density at radius 1 is 1.24 bits per heavy atom. The fourth-order valence-corrected chi connectivity index (χ4v) is 1.72. The van der Waals surface area contributed by atoms with Crippen LogP contribution in [0.4, 0.5) is 5.69 Å². The van der Waals surface area contributed by atoms with E-state index in [1.807, 2.05) is 25.1 Å². The third kappa shape index (κ3) is 2.50. The summed E-state index contributed by atoms with van der Waals surface area (Å²) >= 11 is 0. The molecule has 0 fully saturated rings. The Morgan fingerprint density at radius 3 is 2.76 bits per heavy atom. The number of carbonyl (C=O) groups is 1. The highest BCUT2D eigenvalue weighted by molar-refractivity contribution is 5.99. The molecule has 0 amide bonds. The van der Waals surface area contributed by atoms with Gasteiger partial charge in [0.25, 0.3) is 0 Å². The number of hydrogen-bond acceptors (Lipinski definition) is 3. The number of pyridine rings is 1. The number of hydrogen-bond donors (Lipinski definition) is 1. The molecule has 0 unspecified atom stereocenters. The van der Waals surface area contributed by atoms with Crippen LogP contribution < -0.4 is 5.73 Å². The molecule has 2 aromatic rings. The van der Waals surface area contributed by atoms with E-state index >= 15 is 0 Å². The van der Waals surface area contributed by atoms with Crippen molar-refractivity contribution in [2.75, 3.05) is 5.73 Å². The first-order chi connectivity index (χ1) is 8.18. The van der Waals surface area contributed by atoms with Crippen LogP contribution in [0.15, 0.2) is 42.6 Å². The van der Waals surface area contributed by atoms with E-state index in [0.717, 1.165) is 11.3 Å². The predicted octanol–water partition coefficient (Wildman–Crippen LogP) is 2.40. The van der Waals surface area contributed by atoms with Crippen molar-refractivity contribution in [2.45, 2.75) is 13.3 Å². The second kappa shape index (κ2) is 4.78. The van der Waals surface area contributed by atoms with Gasteiger partial charge in [-0.05, 0) is 30.7 Å². The fourth-order valence-electron chi connectivity index (χ4n) is 1.72. The van der Waals surface area contributed by atoms with E-state index in [0.29, 0.717) is 17.7 Å². The van der Waals surface area contributed by atoms with Gasteiger partial charge in [0, 0.05) is 23.1 Å². The summed E-state index contributed by atoms with van der Waals surface area (Å²) in [7, 11) is 0. The Labute approximate surface area is 100 Å². The summed E-state index contributed by atoms with van der Waals surface area (Å²) in [6.45, 7) is 1.86. The first-order valence-corrected chi connectivity index (χ1v) is 5.46. The number of Topliss-reactive ketones (excluding diaryl/α,β-unsaturated/α-hetero) is 1. The summed E-state index contributed by atoms with van der Waals surface area (Å²) < 4.78 is 0. The van der Waals surface area contributed by atoms with Gasteiger partial charge in [0.15, 0.2) is 5.78 Å². The maximum atomic E-state index is 12.1. The van der Waals surface area contributed by atoms with E-state index in [2.05, 4.69) is 4.98 Å². The Balaban J connectivity index is 2.24. The summed E-state index contributed by atoms with van der Waals surface area (Å²) in [6, 6.07) is 11.0. The number of anilines is 1. The van der Waals surface area contributed by atoms with Crippen molar-refractivity contribution >= 4 is 11.5 Å². The van der Waals surface area contributed by atoms with Crippen molar-refractivity contribution in [3.63, 3.8) is 0 Å². The SMILES string of the molecule is Cc1c(N)cccc1C(=O)Cc1ccccn1. The van der Waals surface area contributed by atoms with Crippen molar-refractivity contribution in [3.8, 4) is 0 Å². The molecule has 1 aromatic carbocycles. The van der Waals surface area contributed by atoms with Crippen LogP contribution >= 0.6 is 0 Å². The number of aromatic nitrogens is 1. The van der Waals surface area contributed by atoms with Crippen LogP contribution in [0.3, 0.4) is 0 Å². The zero-order valence-electron chi connectivity index (χ0n) is 9.68. The van der Waals surface area contributed by atoms with E-state index in [-0.39, 0.29) is 5.78 Å². The molecule has 0 aliphatic heterocycles. The van der Waals surface area contributed by atoms with E-state index in [1.54, 1.807) is 24.4 Å². The van der Waals surface area contributed by atoms with Crippen LogP contribution in [0.1, 0.15) is 21.6 Å². The lowest BCUT2D eigenvalue weighted by Crippen LogP contribution is -2.08. The summed E-state index contributed by atoms with van der Waals surface area (Å²) in [5, 5.41) is 0. The van der Waals surface area contributed by atoms with Crippen molar-refractivity contribution in [1.82, 2.24) is 4.98 Å². The second-order valence-corrected chi connectivity index (χ2v) is 3.94. The Morgan fingerprint density at radius 2 is 2.06 bits per heavy atom. The van der Waals surface area contributed by atoms with Gasteiger partial charge in [-0.25, -0.2) is 0 Å². The number of rotatable bonds is 3. The zero-order chi connectivity index (χ0) is 12.3. The van der Waals surface area contributed by atoms with Crippen molar-refractivity contribution < 1.29 is 4.79 Å². The molecule has 0 bridgehead atoms. The standard InChI is InChI=1S/C14H14N2O/c1-10-12(6-4-7-13(10)15)14(17)9-11-5-2-3-8-16-11/h2-8H,9,15H2,1H3. The van der Waals surface area contributed by atoms with Gasteiger partial charge < -0.3 is 5.73 Å². The molecule has 1 aromatic heterocycles. The van der Waals surface area contributed by atoms with Gasteiger partial charge in [0.05, 0.1) is 6.42 Å². The normalized spacial score (nSPS) is 10.2. The van der Waals surface area contributed by atoms with Gasteiger partial charge in [-0.2, -0.15) is 0 Å². The molecule has 0 saturated heterocycles. The maximum Gasteiger partial charge on any atom is 0.169 e. The molecule has 2 rings (SSSR count).